The summed E-state index contributed by atoms with van der Waals surface area (Å²) in [4.78, 5) is 2.56. The van der Waals surface area contributed by atoms with Gasteiger partial charge in [-0.1, -0.05) is 237 Å². The highest BCUT2D eigenvalue weighted by atomic mass is 15.1. The zero-order valence-electron chi connectivity index (χ0n) is 41.5. The van der Waals surface area contributed by atoms with Crippen molar-refractivity contribution in [2.75, 3.05) is 4.90 Å². The first-order valence-corrected chi connectivity index (χ1v) is 26.6. The number of benzene rings is 12. The number of nitrogens with zero attached hydrogens (tertiary/aromatic N) is 2. The third-order valence-electron chi connectivity index (χ3n) is 17.6. The molecular weight excluding hydrogens is 917 g/mol. The topological polar surface area (TPSA) is 8.17 Å². The molecule has 3 aliphatic carbocycles. The number of hydrogen-bond acceptors (Lipinski definition) is 1. The Morgan fingerprint density at radius 1 is 0.263 bits per heavy atom. The van der Waals surface area contributed by atoms with Gasteiger partial charge in [-0.25, -0.2) is 0 Å². The summed E-state index contributed by atoms with van der Waals surface area (Å²) < 4.78 is 2.56. The van der Waals surface area contributed by atoms with Crippen LogP contribution in [0.4, 0.5) is 17.1 Å². The molecular formula is C74H46N2. The third kappa shape index (κ3) is 5.25. The first-order chi connectivity index (χ1) is 37.7. The standard InChI is InChI=1S/C74H46N2/c1-2-19-47(20-3-1)48-37-39-49(40-38-48)52-21-9-16-35-69(52)75(50-41-43-58-57-26-8-13-31-63(57)73(67(58)45-50)61-29-11-4-22-53(61)54-23-5-12-30-62(54)73)51-42-44-71-68(46-51)74(64-32-14-6-24-55(64)56-25-7-15-33-65(56)74)66-34-18-28-60-59-27-10-17-36-70(59)76(71)72(60)66/h1-46H. The van der Waals surface area contributed by atoms with Gasteiger partial charge in [0.15, 0.2) is 0 Å². The van der Waals surface area contributed by atoms with Crippen molar-refractivity contribution in [3.8, 4) is 61.3 Å². The smallest absolute Gasteiger partial charge is 0.0755 e. The highest BCUT2D eigenvalue weighted by molar-refractivity contribution is 6.13. The minimum Gasteiger partial charge on any atom is -0.310 e. The van der Waals surface area contributed by atoms with Crippen molar-refractivity contribution in [3.05, 3.63) is 324 Å². The van der Waals surface area contributed by atoms with Crippen LogP contribution >= 0.6 is 0 Å². The molecule has 17 rings (SSSR count). The molecule has 0 saturated heterocycles. The van der Waals surface area contributed by atoms with Crippen molar-refractivity contribution in [1.82, 2.24) is 4.57 Å². The molecule has 1 aromatic heterocycles. The number of hydrogen-bond donors (Lipinski definition) is 0. The summed E-state index contributed by atoms with van der Waals surface area (Å²) in [6.45, 7) is 0. The van der Waals surface area contributed by atoms with E-state index in [1.54, 1.807) is 0 Å². The van der Waals surface area contributed by atoms with Crippen LogP contribution in [0.1, 0.15) is 44.5 Å². The van der Waals surface area contributed by atoms with Gasteiger partial charge in [0, 0.05) is 27.7 Å². The van der Waals surface area contributed by atoms with Crippen LogP contribution in [0, 0.1) is 0 Å². The normalized spacial score (nSPS) is 14.0. The summed E-state index contributed by atoms with van der Waals surface area (Å²) in [5.41, 5.74) is 28.9. The van der Waals surface area contributed by atoms with Crippen molar-refractivity contribution in [1.29, 1.82) is 0 Å². The van der Waals surface area contributed by atoms with Crippen LogP contribution in [-0.4, -0.2) is 4.57 Å². The van der Waals surface area contributed by atoms with Crippen LogP contribution < -0.4 is 4.90 Å². The maximum absolute atomic E-state index is 2.56. The molecule has 2 heterocycles. The summed E-state index contributed by atoms with van der Waals surface area (Å²) in [5.74, 6) is 0. The molecule has 2 nitrogen and oxygen atoms in total. The number of para-hydroxylation sites is 3. The highest BCUT2D eigenvalue weighted by Gasteiger charge is 2.53. The molecule has 2 spiro atoms. The molecule has 13 aromatic rings. The molecule has 12 aromatic carbocycles. The van der Waals surface area contributed by atoms with E-state index in [4.69, 9.17) is 0 Å². The first-order valence-electron chi connectivity index (χ1n) is 26.6. The lowest BCUT2D eigenvalue weighted by molar-refractivity contribution is 0.748. The monoisotopic (exact) mass is 962 g/mol. The van der Waals surface area contributed by atoms with Crippen molar-refractivity contribution in [2.24, 2.45) is 0 Å². The number of fused-ring (bicyclic) bond motifs is 22. The molecule has 2 heteroatoms. The first kappa shape index (κ1) is 41.7. The SMILES string of the molecule is c1ccc(-c2ccc(-c3ccccc3N(c3ccc4c(c3)C3(c5ccccc5-c5ccccc53)c3ccccc3-4)c3ccc4c(c3)C3(c5ccccc5-c5ccccc53)c3cccc5c6ccccc6n-4c35)cc2)cc1. The van der Waals surface area contributed by atoms with E-state index in [1.165, 1.54) is 117 Å². The molecule has 0 fully saturated rings. The van der Waals surface area contributed by atoms with Gasteiger partial charge in [0.05, 0.1) is 33.2 Å². The largest absolute Gasteiger partial charge is 0.310 e. The maximum Gasteiger partial charge on any atom is 0.0755 e. The Morgan fingerprint density at radius 3 is 1.29 bits per heavy atom. The molecule has 0 saturated carbocycles. The average Bonchev–Trinajstić information content (AvgIpc) is 4.39. The number of rotatable bonds is 5. The van der Waals surface area contributed by atoms with Gasteiger partial charge in [0.2, 0.25) is 0 Å². The molecule has 352 valence electrons. The fourth-order valence-electron chi connectivity index (χ4n) is 14.7. The van der Waals surface area contributed by atoms with E-state index in [0.29, 0.717) is 0 Å². The van der Waals surface area contributed by atoms with E-state index in [-0.39, 0.29) is 0 Å². The molecule has 76 heavy (non-hydrogen) atoms. The van der Waals surface area contributed by atoms with E-state index in [0.717, 1.165) is 28.2 Å². The second kappa shape index (κ2) is 15.4. The molecule has 4 aliphatic rings. The molecule has 0 unspecified atom stereocenters. The maximum atomic E-state index is 2.56. The lowest BCUT2D eigenvalue weighted by Gasteiger charge is -2.40. The lowest BCUT2D eigenvalue weighted by atomic mass is 9.65. The summed E-state index contributed by atoms with van der Waals surface area (Å²) in [6, 6.07) is 105. The van der Waals surface area contributed by atoms with Gasteiger partial charge in [-0.2, -0.15) is 0 Å². The Bertz CT molecular complexity index is 4480. The highest BCUT2D eigenvalue weighted by Crippen LogP contribution is 2.65. The summed E-state index contributed by atoms with van der Waals surface area (Å²) in [5, 5.41) is 2.55. The molecule has 0 N–H and O–H groups in total. The zero-order chi connectivity index (χ0) is 49.7. The minimum absolute atomic E-state index is 0.505. The fourth-order valence-corrected chi connectivity index (χ4v) is 14.7. The number of anilines is 3. The van der Waals surface area contributed by atoms with Crippen LogP contribution in [-0.2, 0) is 10.8 Å². The fraction of sp³-hybridized carbons (Fsp3) is 0.0270. The van der Waals surface area contributed by atoms with E-state index < -0.39 is 10.8 Å². The average molecular weight is 963 g/mol. The molecule has 0 bridgehead atoms. The van der Waals surface area contributed by atoms with E-state index in [2.05, 4.69) is 289 Å². The Morgan fingerprint density at radius 2 is 0.684 bits per heavy atom. The zero-order valence-corrected chi connectivity index (χ0v) is 41.5. The van der Waals surface area contributed by atoms with E-state index >= 15 is 0 Å². The Balaban J connectivity index is 0.969. The minimum atomic E-state index is -0.609. The molecule has 0 radical (unpaired) electrons. The summed E-state index contributed by atoms with van der Waals surface area (Å²) in [7, 11) is 0. The van der Waals surface area contributed by atoms with Gasteiger partial charge in [0.1, 0.15) is 0 Å². The van der Waals surface area contributed by atoms with E-state index in [9.17, 15) is 0 Å². The molecule has 0 atom stereocenters. The van der Waals surface area contributed by atoms with Crippen molar-refractivity contribution in [3.63, 3.8) is 0 Å². The van der Waals surface area contributed by atoms with Gasteiger partial charge in [-0.15, -0.1) is 0 Å². The van der Waals surface area contributed by atoms with Crippen LogP contribution in [0.25, 0.3) is 83.1 Å². The second-order valence-corrected chi connectivity index (χ2v) is 21.0. The Kier molecular flexibility index (Phi) is 8.44. The predicted octanol–water partition coefficient (Wildman–Crippen LogP) is 18.6. The Labute approximate surface area is 441 Å². The second-order valence-electron chi connectivity index (χ2n) is 21.0. The summed E-state index contributed by atoms with van der Waals surface area (Å²) in [6.07, 6.45) is 0. The predicted molar refractivity (Wildman–Crippen MR) is 313 cm³/mol. The van der Waals surface area contributed by atoms with Crippen molar-refractivity contribution in [2.45, 2.75) is 10.8 Å². The molecule has 1 aliphatic heterocycles. The van der Waals surface area contributed by atoms with Crippen LogP contribution in [0.3, 0.4) is 0 Å². The van der Waals surface area contributed by atoms with Gasteiger partial charge >= 0.3 is 0 Å². The van der Waals surface area contributed by atoms with Crippen LogP contribution in [0.2, 0.25) is 0 Å². The van der Waals surface area contributed by atoms with Gasteiger partial charge < -0.3 is 9.47 Å². The van der Waals surface area contributed by atoms with Crippen LogP contribution in [0.5, 0.6) is 0 Å². The molecule has 0 amide bonds. The van der Waals surface area contributed by atoms with Crippen molar-refractivity contribution >= 4 is 38.9 Å². The number of aromatic nitrogens is 1. The Hall–Kier alpha value is -9.76. The van der Waals surface area contributed by atoms with Gasteiger partial charge in [-0.3, -0.25) is 0 Å². The summed E-state index contributed by atoms with van der Waals surface area (Å²) >= 11 is 0. The lowest BCUT2D eigenvalue weighted by Crippen LogP contribution is -2.33. The van der Waals surface area contributed by atoms with Crippen molar-refractivity contribution < 1.29 is 0 Å². The van der Waals surface area contributed by atoms with Gasteiger partial charge in [-0.05, 0) is 137 Å². The van der Waals surface area contributed by atoms with Crippen LogP contribution in [0.15, 0.2) is 279 Å². The third-order valence-corrected chi connectivity index (χ3v) is 17.6. The quantitative estimate of drug-likeness (QED) is 0.167. The van der Waals surface area contributed by atoms with Gasteiger partial charge in [0.25, 0.3) is 0 Å². The van der Waals surface area contributed by atoms with E-state index in [1.807, 2.05) is 0 Å².